The molecule has 0 unspecified atom stereocenters. The van der Waals surface area contributed by atoms with Gasteiger partial charge in [0.2, 0.25) is 11.8 Å². The maximum Gasteiger partial charge on any atom is 0.475 e. The van der Waals surface area contributed by atoms with Gasteiger partial charge in [0.25, 0.3) is 0 Å². The van der Waals surface area contributed by atoms with Crippen LogP contribution >= 0.6 is 0 Å². The summed E-state index contributed by atoms with van der Waals surface area (Å²) in [5.41, 5.74) is 0. The Balaban J connectivity index is 4.09. The minimum Gasteiger partial charge on any atom is -0.426 e. The van der Waals surface area contributed by atoms with Crippen molar-refractivity contribution >= 4 is 18.9 Å². The molecule has 0 aliphatic rings. The summed E-state index contributed by atoms with van der Waals surface area (Å²) in [4.78, 5) is 22.9. The first-order valence-corrected chi connectivity index (χ1v) is 6.64. The van der Waals surface area contributed by atoms with E-state index in [2.05, 4.69) is 10.6 Å². The van der Waals surface area contributed by atoms with Crippen LogP contribution in [0.1, 0.15) is 40.5 Å². The first-order chi connectivity index (χ1) is 8.72. The first-order valence-electron chi connectivity index (χ1n) is 6.64. The molecule has 19 heavy (non-hydrogen) atoms. The van der Waals surface area contributed by atoms with Crippen LogP contribution in [0.4, 0.5) is 0 Å². The minimum absolute atomic E-state index is 0.146. The Morgan fingerprint density at radius 2 is 1.63 bits per heavy atom. The lowest BCUT2D eigenvalue weighted by molar-refractivity contribution is -0.126. The normalized spacial score (nSPS) is 12.4. The second-order valence-corrected chi connectivity index (χ2v) is 5.59. The molecule has 0 aromatic carbocycles. The summed E-state index contributed by atoms with van der Waals surface area (Å²) >= 11 is 0. The van der Waals surface area contributed by atoms with Crippen molar-refractivity contribution in [3.05, 3.63) is 0 Å². The van der Waals surface area contributed by atoms with Gasteiger partial charge in [-0.3, -0.25) is 9.59 Å². The molecular formula is C12H25BN2O4. The van der Waals surface area contributed by atoms with Gasteiger partial charge in [-0.1, -0.05) is 27.7 Å². The van der Waals surface area contributed by atoms with Crippen LogP contribution in [0.15, 0.2) is 0 Å². The number of hydrogen-bond donors (Lipinski definition) is 4. The van der Waals surface area contributed by atoms with Crippen molar-refractivity contribution in [2.45, 2.75) is 46.5 Å². The molecule has 2 amide bonds. The van der Waals surface area contributed by atoms with Gasteiger partial charge in [0, 0.05) is 6.42 Å². The van der Waals surface area contributed by atoms with Gasteiger partial charge in [0.05, 0.1) is 12.5 Å². The molecule has 1 atom stereocenters. The average molecular weight is 272 g/mol. The fourth-order valence-electron chi connectivity index (χ4n) is 1.64. The quantitative estimate of drug-likeness (QED) is 0.455. The van der Waals surface area contributed by atoms with Gasteiger partial charge in [0.1, 0.15) is 0 Å². The Hall–Kier alpha value is -1.08. The standard InChI is InChI=1S/C12H25BN2O4/c1-8(2)5-10(13(18)19)15-12(17)7-14-11(16)6-9(3)4/h8-10,18-19H,5-7H2,1-4H3,(H,14,16)(H,15,17)/t10-/m0/s1. The number of amides is 2. The molecule has 6 nitrogen and oxygen atoms in total. The van der Waals surface area contributed by atoms with Gasteiger partial charge in [-0.25, -0.2) is 0 Å². The Morgan fingerprint density at radius 3 is 2.05 bits per heavy atom. The van der Waals surface area contributed by atoms with Crippen molar-refractivity contribution in [1.29, 1.82) is 0 Å². The third-order valence-electron chi connectivity index (χ3n) is 2.47. The summed E-state index contributed by atoms with van der Waals surface area (Å²) in [7, 11) is -1.60. The fraction of sp³-hybridized carbons (Fsp3) is 0.833. The van der Waals surface area contributed by atoms with E-state index < -0.39 is 19.0 Å². The fourth-order valence-corrected chi connectivity index (χ4v) is 1.64. The van der Waals surface area contributed by atoms with Crippen molar-refractivity contribution < 1.29 is 19.6 Å². The predicted molar refractivity (Wildman–Crippen MR) is 74.0 cm³/mol. The van der Waals surface area contributed by atoms with E-state index in [1.165, 1.54) is 0 Å². The molecule has 0 aromatic rings. The SMILES string of the molecule is CC(C)CC(=O)NCC(=O)N[C@@H](CC(C)C)B(O)O. The summed E-state index contributed by atoms with van der Waals surface area (Å²) in [6.45, 7) is 7.53. The molecule has 0 saturated heterocycles. The van der Waals surface area contributed by atoms with E-state index in [9.17, 15) is 9.59 Å². The van der Waals surface area contributed by atoms with E-state index >= 15 is 0 Å². The number of rotatable bonds is 8. The third kappa shape index (κ3) is 9.50. The number of nitrogens with one attached hydrogen (secondary N) is 2. The topological polar surface area (TPSA) is 98.7 Å². The van der Waals surface area contributed by atoms with Crippen LogP contribution in [-0.4, -0.2) is 41.5 Å². The van der Waals surface area contributed by atoms with Crippen LogP contribution < -0.4 is 10.6 Å². The zero-order valence-corrected chi connectivity index (χ0v) is 12.1. The zero-order chi connectivity index (χ0) is 15.0. The highest BCUT2D eigenvalue weighted by atomic mass is 16.4. The van der Waals surface area contributed by atoms with Gasteiger partial charge in [0.15, 0.2) is 0 Å². The predicted octanol–water partition coefficient (Wildman–Crippen LogP) is -0.308. The summed E-state index contributed by atoms with van der Waals surface area (Å²) in [5.74, 6) is -0.862. The molecule has 0 aliphatic carbocycles. The molecule has 0 aliphatic heterocycles. The average Bonchev–Trinajstić information content (AvgIpc) is 2.23. The molecule has 0 saturated carbocycles. The minimum atomic E-state index is -1.60. The van der Waals surface area contributed by atoms with Crippen LogP contribution in [-0.2, 0) is 9.59 Å². The monoisotopic (exact) mass is 272 g/mol. The van der Waals surface area contributed by atoms with Gasteiger partial charge >= 0.3 is 7.12 Å². The lowest BCUT2D eigenvalue weighted by atomic mass is 9.75. The van der Waals surface area contributed by atoms with Gasteiger partial charge in [-0.05, 0) is 18.3 Å². The first kappa shape index (κ1) is 17.9. The van der Waals surface area contributed by atoms with Crippen molar-refractivity contribution in [1.82, 2.24) is 10.6 Å². The second-order valence-electron chi connectivity index (χ2n) is 5.59. The van der Waals surface area contributed by atoms with Gasteiger partial charge in [-0.15, -0.1) is 0 Å². The van der Waals surface area contributed by atoms with E-state index in [0.717, 1.165) is 0 Å². The van der Waals surface area contributed by atoms with E-state index in [1.807, 2.05) is 27.7 Å². The van der Waals surface area contributed by atoms with Gasteiger partial charge < -0.3 is 20.7 Å². The third-order valence-corrected chi connectivity index (χ3v) is 2.47. The molecule has 4 N–H and O–H groups in total. The lowest BCUT2D eigenvalue weighted by Gasteiger charge is -2.19. The Bertz CT molecular complexity index is 295. The molecule has 0 radical (unpaired) electrons. The van der Waals surface area contributed by atoms with Crippen molar-refractivity contribution in [2.75, 3.05) is 6.54 Å². The van der Waals surface area contributed by atoms with Crippen LogP contribution in [0.3, 0.4) is 0 Å². The summed E-state index contributed by atoms with van der Waals surface area (Å²) in [5, 5.41) is 23.3. The highest BCUT2D eigenvalue weighted by Crippen LogP contribution is 2.05. The number of hydrogen-bond acceptors (Lipinski definition) is 4. The highest BCUT2D eigenvalue weighted by molar-refractivity contribution is 6.43. The Morgan fingerprint density at radius 1 is 1.05 bits per heavy atom. The Labute approximate surface area is 115 Å². The van der Waals surface area contributed by atoms with E-state index in [-0.39, 0.29) is 24.3 Å². The lowest BCUT2D eigenvalue weighted by Crippen LogP contribution is -2.50. The molecular weight excluding hydrogens is 247 g/mol. The zero-order valence-electron chi connectivity index (χ0n) is 12.1. The van der Waals surface area contributed by atoms with E-state index in [0.29, 0.717) is 12.8 Å². The van der Waals surface area contributed by atoms with Crippen molar-refractivity contribution in [3.63, 3.8) is 0 Å². The van der Waals surface area contributed by atoms with Crippen LogP contribution in [0.25, 0.3) is 0 Å². The summed E-state index contributed by atoms with van der Waals surface area (Å²) in [6, 6.07) is 0. The second kappa shape index (κ2) is 8.93. The summed E-state index contributed by atoms with van der Waals surface area (Å²) < 4.78 is 0. The van der Waals surface area contributed by atoms with Crippen molar-refractivity contribution in [3.8, 4) is 0 Å². The highest BCUT2D eigenvalue weighted by Gasteiger charge is 2.25. The number of carbonyl (C=O) groups excluding carboxylic acids is 2. The molecule has 0 bridgehead atoms. The number of carbonyl (C=O) groups is 2. The van der Waals surface area contributed by atoms with Crippen LogP contribution in [0, 0.1) is 11.8 Å². The molecule has 7 heteroatoms. The molecule has 0 heterocycles. The molecule has 0 spiro atoms. The molecule has 0 aromatic heterocycles. The maximum atomic E-state index is 11.6. The smallest absolute Gasteiger partial charge is 0.426 e. The molecule has 0 rings (SSSR count). The molecule has 0 fully saturated rings. The van der Waals surface area contributed by atoms with E-state index in [1.54, 1.807) is 0 Å². The largest absolute Gasteiger partial charge is 0.475 e. The van der Waals surface area contributed by atoms with Gasteiger partial charge in [-0.2, -0.15) is 0 Å². The summed E-state index contributed by atoms with van der Waals surface area (Å²) in [6.07, 6.45) is 0.828. The maximum absolute atomic E-state index is 11.6. The van der Waals surface area contributed by atoms with E-state index in [4.69, 9.17) is 10.0 Å². The van der Waals surface area contributed by atoms with Crippen LogP contribution in [0.2, 0.25) is 0 Å². The molecule has 110 valence electrons. The van der Waals surface area contributed by atoms with Crippen molar-refractivity contribution in [2.24, 2.45) is 11.8 Å². The Kier molecular flexibility index (Phi) is 8.42. The van der Waals surface area contributed by atoms with Crippen LogP contribution in [0.5, 0.6) is 0 Å².